The van der Waals surface area contributed by atoms with E-state index >= 15 is 0 Å². The van der Waals surface area contributed by atoms with Crippen molar-refractivity contribution in [1.29, 1.82) is 0 Å². The zero-order valence-corrected chi connectivity index (χ0v) is 11.5. The number of rotatable bonds is 4. The van der Waals surface area contributed by atoms with Crippen molar-refractivity contribution in [3.63, 3.8) is 0 Å². The van der Waals surface area contributed by atoms with Crippen LogP contribution in [0.5, 0.6) is 0 Å². The van der Waals surface area contributed by atoms with Gasteiger partial charge in [0.1, 0.15) is 5.82 Å². The third-order valence-corrected chi connectivity index (χ3v) is 3.46. The average Bonchev–Trinajstić information content (AvgIpc) is 2.87. The molecule has 0 aromatic carbocycles. The summed E-state index contributed by atoms with van der Waals surface area (Å²) in [7, 11) is 1.96. The van der Waals surface area contributed by atoms with Crippen LogP contribution in [0.25, 0.3) is 0 Å². The molecule has 0 aliphatic carbocycles. The van der Waals surface area contributed by atoms with Crippen molar-refractivity contribution in [2.45, 2.75) is 20.4 Å². The van der Waals surface area contributed by atoms with Gasteiger partial charge in [-0.3, -0.25) is 4.79 Å². The second-order valence-corrected chi connectivity index (χ2v) is 4.65. The van der Waals surface area contributed by atoms with E-state index in [1.165, 1.54) is 0 Å². The molecule has 2 rings (SSSR count). The number of aryl methyl sites for hydroxylation is 2. The molecule has 0 aliphatic heterocycles. The molecule has 2 heterocycles. The van der Waals surface area contributed by atoms with Crippen LogP contribution in [-0.4, -0.2) is 25.8 Å². The second kappa shape index (κ2) is 4.98. The Balaban J connectivity index is 2.37. The zero-order chi connectivity index (χ0) is 13.3. The Bertz CT molecular complexity index is 583. The van der Waals surface area contributed by atoms with Crippen molar-refractivity contribution in [1.82, 2.24) is 14.1 Å². The van der Waals surface area contributed by atoms with Gasteiger partial charge >= 0.3 is 0 Å². The molecule has 0 fully saturated rings. The SMILES string of the molecule is Cc1cc(C(=O)CCl)c(C)n1Cc1nccn1C. The van der Waals surface area contributed by atoms with Gasteiger partial charge in [0.05, 0.1) is 12.4 Å². The van der Waals surface area contributed by atoms with E-state index in [0.717, 1.165) is 17.2 Å². The molecule has 0 spiro atoms. The van der Waals surface area contributed by atoms with Gasteiger partial charge in [0.2, 0.25) is 0 Å². The van der Waals surface area contributed by atoms with Crippen molar-refractivity contribution < 1.29 is 4.79 Å². The molecular weight excluding hydrogens is 250 g/mol. The molecular formula is C13H16ClN3O. The van der Waals surface area contributed by atoms with Gasteiger partial charge in [-0.2, -0.15) is 0 Å². The van der Waals surface area contributed by atoms with Gasteiger partial charge in [-0.15, -0.1) is 11.6 Å². The van der Waals surface area contributed by atoms with Crippen LogP contribution in [0.4, 0.5) is 0 Å². The fourth-order valence-electron chi connectivity index (χ4n) is 2.09. The lowest BCUT2D eigenvalue weighted by atomic mass is 10.2. The Morgan fingerprint density at radius 1 is 1.44 bits per heavy atom. The van der Waals surface area contributed by atoms with Crippen molar-refractivity contribution in [2.24, 2.45) is 7.05 Å². The van der Waals surface area contributed by atoms with Gasteiger partial charge in [-0.1, -0.05) is 0 Å². The summed E-state index contributed by atoms with van der Waals surface area (Å²) in [5, 5.41) is 0. The number of aromatic nitrogens is 3. The van der Waals surface area contributed by atoms with Crippen LogP contribution in [0.3, 0.4) is 0 Å². The summed E-state index contributed by atoms with van der Waals surface area (Å²) in [6, 6.07) is 1.89. The molecule has 0 unspecified atom stereocenters. The maximum absolute atomic E-state index is 11.7. The van der Waals surface area contributed by atoms with Crippen LogP contribution in [0, 0.1) is 13.8 Å². The van der Waals surface area contributed by atoms with Crippen LogP contribution >= 0.6 is 11.6 Å². The molecule has 0 atom stereocenters. The lowest BCUT2D eigenvalue weighted by molar-refractivity contribution is 0.102. The van der Waals surface area contributed by atoms with E-state index in [2.05, 4.69) is 9.55 Å². The van der Waals surface area contributed by atoms with Crippen molar-refractivity contribution in [3.05, 3.63) is 41.2 Å². The monoisotopic (exact) mass is 265 g/mol. The molecule has 0 saturated heterocycles. The summed E-state index contributed by atoms with van der Waals surface area (Å²) in [5.41, 5.74) is 2.70. The van der Waals surface area contributed by atoms with Crippen LogP contribution in [0.1, 0.15) is 27.6 Å². The highest BCUT2D eigenvalue weighted by atomic mass is 35.5. The molecule has 0 amide bonds. The first-order chi connectivity index (χ1) is 8.54. The standard InChI is InChI=1S/C13H16ClN3O/c1-9-6-11(12(18)7-14)10(2)17(9)8-13-15-4-5-16(13)3/h4-6H,7-8H2,1-3H3. The molecule has 5 heteroatoms. The maximum Gasteiger partial charge on any atom is 0.179 e. The lowest BCUT2D eigenvalue weighted by Crippen LogP contribution is -2.10. The Morgan fingerprint density at radius 2 is 2.17 bits per heavy atom. The number of alkyl halides is 1. The average molecular weight is 266 g/mol. The maximum atomic E-state index is 11.7. The predicted octanol–water partition coefficient (Wildman–Crippen LogP) is 2.31. The molecule has 2 aromatic rings. The Kier molecular flexibility index (Phi) is 3.57. The van der Waals surface area contributed by atoms with E-state index in [-0.39, 0.29) is 11.7 Å². The molecule has 2 aromatic heterocycles. The topological polar surface area (TPSA) is 39.8 Å². The fraction of sp³-hybridized carbons (Fsp3) is 0.385. The molecule has 4 nitrogen and oxygen atoms in total. The van der Waals surface area contributed by atoms with E-state index in [0.29, 0.717) is 12.1 Å². The van der Waals surface area contributed by atoms with Gasteiger partial charge in [0.15, 0.2) is 5.78 Å². The number of imidazole rings is 1. The highest BCUT2D eigenvalue weighted by Gasteiger charge is 2.15. The van der Waals surface area contributed by atoms with Crippen LogP contribution < -0.4 is 0 Å². The zero-order valence-electron chi connectivity index (χ0n) is 10.8. The quantitative estimate of drug-likeness (QED) is 0.629. The fourth-order valence-corrected chi connectivity index (χ4v) is 2.23. The van der Waals surface area contributed by atoms with Gasteiger partial charge in [-0.05, 0) is 19.9 Å². The lowest BCUT2D eigenvalue weighted by Gasteiger charge is -2.09. The Morgan fingerprint density at radius 3 is 2.72 bits per heavy atom. The minimum Gasteiger partial charge on any atom is -0.341 e. The highest BCUT2D eigenvalue weighted by Crippen LogP contribution is 2.17. The number of hydrogen-bond donors (Lipinski definition) is 0. The summed E-state index contributed by atoms with van der Waals surface area (Å²) >= 11 is 5.61. The van der Waals surface area contributed by atoms with Crippen LogP contribution in [-0.2, 0) is 13.6 Å². The molecule has 96 valence electrons. The molecule has 0 saturated carbocycles. The molecule has 0 N–H and O–H groups in total. The van der Waals surface area contributed by atoms with Gasteiger partial charge < -0.3 is 9.13 Å². The summed E-state index contributed by atoms with van der Waals surface area (Å²) in [5.74, 6) is 0.949. The Hall–Kier alpha value is -1.55. The van der Waals surface area contributed by atoms with E-state index in [1.807, 2.05) is 37.7 Å². The number of ketones is 1. The smallest absolute Gasteiger partial charge is 0.179 e. The number of nitrogens with zero attached hydrogens (tertiary/aromatic N) is 3. The highest BCUT2D eigenvalue weighted by molar-refractivity contribution is 6.30. The first-order valence-electron chi connectivity index (χ1n) is 5.76. The number of hydrogen-bond acceptors (Lipinski definition) is 2. The molecule has 0 bridgehead atoms. The van der Waals surface area contributed by atoms with Crippen molar-refractivity contribution in [2.75, 3.05) is 5.88 Å². The number of Topliss-reactive ketones (excluding diaryl/α,β-unsaturated/α-hetero) is 1. The van der Waals surface area contributed by atoms with Gasteiger partial charge in [0.25, 0.3) is 0 Å². The normalized spacial score (nSPS) is 10.9. The minimum atomic E-state index is -0.0316. The number of carbonyl (C=O) groups is 1. The van der Waals surface area contributed by atoms with Crippen LogP contribution in [0.2, 0.25) is 0 Å². The Labute approximate surface area is 111 Å². The van der Waals surface area contributed by atoms with Gasteiger partial charge in [0, 0.05) is 36.4 Å². The summed E-state index contributed by atoms with van der Waals surface area (Å²) < 4.78 is 4.06. The molecule has 18 heavy (non-hydrogen) atoms. The van der Waals surface area contributed by atoms with Gasteiger partial charge in [-0.25, -0.2) is 4.98 Å². The van der Waals surface area contributed by atoms with E-state index in [1.54, 1.807) is 6.20 Å². The van der Waals surface area contributed by atoms with Crippen molar-refractivity contribution in [3.8, 4) is 0 Å². The summed E-state index contributed by atoms with van der Waals surface area (Å²) in [4.78, 5) is 16.0. The largest absolute Gasteiger partial charge is 0.341 e. The first kappa shape index (κ1) is 12.9. The van der Waals surface area contributed by atoms with Crippen molar-refractivity contribution >= 4 is 17.4 Å². The third-order valence-electron chi connectivity index (χ3n) is 3.22. The van der Waals surface area contributed by atoms with E-state index in [9.17, 15) is 4.79 Å². The predicted molar refractivity (Wildman–Crippen MR) is 71.3 cm³/mol. The second-order valence-electron chi connectivity index (χ2n) is 4.38. The number of halogens is 1. The minimum absolute atomic E-state index is 0.0205. The first-order valence-corrected chi connectivity index (χ1v) is 6.30. The molecule has 0 aliphatic rings. The third kappa shape index (κ3) is 2.20. The number of carbonyl (C=O) groups excluding carboxylic acids is 1. The molecule has 0 radical (unpaired) electrons. The van der Waals surface area contributed by atoms with E-state index < -0.39 is 0 Å². The van der Waals surface area contributed by atoms with E-state index in [4.69, 9.17) is 11.6 Å². The van der Waals surface area contributed by atoms with Crippen LogP contribution in [0.15, 0.2) is 18.5 Å². The summed E-state index contributed by atoms with van der Waals surface area (Å²) in [6.07, 6.45) is 3.68. The summed E-state index contributed by atoms with van der Waals surface area (Å²) in [6.45, 7) is 4.59.